The van der Waals surface area contributed by atoms with Gasteiger partial charge in [0.25, 0.3) is 10.0 Å². The molecule has 1 N–H and O–H groups in total. The third-order valence-corrected chi connectivity index (χ3v) is 7.13. The third kappa shape index (κ3) is 5.72. The Labute approximate surface area is 209 Å². The molecule has 36 heavy (non-hydrogen) atoms. The minimum absolute atomic E-state index is 0.0116. The van der Waals surface area contributed by atoms with E-state index in [9.17, 15) is 22.8 Å². The monoisotopic (exact) mass is 510 g/mol. The van der Waals surface area contributed by atoms with Gasteiger partial charge in [-0.2, -0.15) is 0 Å². The van der Waals surface area contributed by atoms with E-state index in [-0.39, 0.29) is 21.7 Å². The first-order chi connectivity index (χ1) is 17.1. The Morgan fingerprint density at radius 2 is 1.53 bits per heavy atom. The van der Waals surface area contributed by atoms with Crippen molar-refractivity contribution in [1.29, 1.82) is 0 Å². The van der Waals surface area contributed by atoms with Crippen LogP contribution in [0.2, 0.25) is 0 Å². The van der Waals surface area contributed by atoms with Crippen LogP contribution in [0, 0.1) is 13.8 Å². The molecule has 0 radical (unpaired) electrons. The predicted octanol–water partition coefficient (Wildman–Crippen LogP) is 3.71. The molecule has 10 heteroatoms. The van der Waals surface area contributed by atoms with Gasteiger partial charge in [0.05, 0.1) is 41.6 Å². The number of benzene rings is 3. The summed E-state index contributed by atoms with van der Waals surface area (Å²) in [6.07, 6.45) is 0. The number of nitrogens with zero attached hydrogens (tertiary/aromatic N) is 1. The Morgan fingerprint density at radius 3 is 2.14 bits per heavy atom. The van der Waals surface area contributed by atoms with Crippen molar-refractivity contribution in [2.75, 3.05) is 30.4 Å². The average Bonchev–Trinajstić information content (AvgIpc) is 2.87. The molecule has 0 atom stereocenters. The van der Waals surface area contributed by atoms with Crippen LogP contribution in [0.1, 0.15) is 31.8 Å². The van der Waals surface area contributed by atoms with Crippen LogP contribution in [0.3, 0.4) is 0 Å². The second kappa shape index (κ2) is 11.0. The Balaban J connectivity index is 2.03. The van der Waals surface area contributed by atoms with Crippen molar-refractivity contribution in [3.05, 3.63) is 89.0 Å². The fraction of sp³-hybridized carbons (Fsp3) is 0.192. The number of esters is 2. The van der Waals surface area contributed by atoms with Crippen LogP contribution in [0.4, 0.5) is 11.4 Å². The van der Waals surface area contributed by atoms with E-state index >= 15 is 0 Å². The van der Waals surface area contributed by atoms with Crippen molar-refractivity contribution in [1.82, 2.24) is 0 Å². The van der Waals surface area contributed by atoms with E-state index in [1.807, 2.05) is 13.0 Å². The highest BCUT2D eigenvalue weighted by molar-refractivity contribution is 7.92. The maximum Gasteiger partial charge on any atom is 0.339 e. The summed E-state index contributed by atoms with van der Waals surface area (Å²) in [6.45, 7) is 3.04. The summed E-state index contributed by atoms with van der Waals surface area (Å²) in [4.78, 5) is 37.4. The largest absolute Gasteiger partial charge is 0.465 e. The third-order valence-electron chi connectivity index (χ3n) is 5.36. The predicted molar refractivity (Wildman–Crippen MR) is 135 cm³/mol. The number of anilines is 2. The molecule has 0 saturated carbocycles. The molecule has 9 nitrogen and oxygen atoms in total. The second-order valence-corrected chi connectivity index (χ2v) is 9.77. The lowest BCUT2D eigenvalue weighted by Crippen LogP contribution is -2.38. The van der Waals surface area contributed by atoms with Crippen LogP contribution in [0.5, 0.6) is 0 Å². The first-order valence-electron chi connectivity index (χ1n) is 10.8. The zero-order chi connectivity index (χ0) is 26.5. The first-order valence-corrected chi connectivity index (χ1v) is 12.3. The molecule has 3 aromatic carbocycles. The van der Waals surface area contributed by atoms with Gasteiger partial charge in [-0.1, -0.05) is 35.9 Å². The zero-order valence-electron chi connectivity index (χ0n) is 20.3. The van der Waals surface area contributed by atoms with Crippen molar-refractivity contribution in [3.63, 3.8) is 0 Å². The van der Waals surface area contributed by atoms with Gasteiger partial charge in [0, 0.05) is 0 Å². The van der Waals surface area contributed by atoms with E-state index in [2.05, 4.69) is 5.32 Å². The van der Waals surface area contributed by atoms with Crippen LogP contribution in [-0.4, -0.2) is 47.0 Å². The number of amides is 1. The highest BCUT2D eigenvalue weighted by Gasteiger charge is 2.29. The van der Waals surface area contributed by atoms with E-state index in [1.54, 1.807) is 37.3 Å². The van der Waals surface area contributed by atoms with Crippen molar-refractivity contribution in [2.24, 2.45) is 0 Å². The highest BCUT2D eigenvalue weighted by Crippen LogP contribution is 2.28. The number of hydrogen-bond acceptors (Lipinski definition) is 7. The van der Waals surface area contributed by atoms with Gasteiger partial charge < -0.3 is 14.8 Å². The van der Waals surface area contributed by atoms with E-state index in [0.717, 1.165) is 9.87 Å². The van der Waals surface area contributed by atoms with Gasteiger partial charge in [0.15, 0.2) is 0 Å². The number of carbonyl (C=O) groups excluding carboxylic acids is 3. The van der Waals surface area contributed by atoms with Gasteiger partial charge in [-0.25, -0.2) is 18.0 Å². The minimum Gasteiger partial charge on any atom is -0.465 e. The maximum atomic E-state index is 13.6. The molecule has 188 valence electrons. The molecule has 0 aromatic heterocycles. The summed E-state index contributed by atoms with van der Waals surface area (Å²) in [7, 11) is -1.75. The van der Waals surface area contributed by atoms with Crippen LogP contribution < -0.4 is 9.62 Å². The smallest absolute Gasteiger partial charge is 0.339 e. The topological polar surface area (TPSA) is 119 Å². The van der Waals surface area contributed by atoms with Gasteiger partial charge in [0.2, 0.25) is 5.91 Å². The van der Waals surface area contributed by atoms with Crippen molar-refractivity contribution >= 4 is 39.2 Å². The highest BCUT2D eigenvalue weighted by atomic mass is 32.2. The number of carbonyl (C=O) groups is 3. The van der Waals surface area contributed by atoms with Crippen LogP contribution in [0.15, 0.2) is 71.6 Å². The summed E-state index contributed by atoms with van der Waals surface area (Å²) in [5, 5.41) is 2.55. The van der Waals surface area contributed by atoms with Crippen molar-refractivity contribution in [3.8, 4) is 0 Å². The molecule has 0 unspecified atom stereocenters. The van der Waals surface area contributed by atoms with E-state index < -0.39 is 34.4 Å². The molecule has 0 spiro atoms. The lowest BCUT2D eigenvalue weighted by Gasteiger charge is -2.26. The van der Waals surface area contributed by atoms with Crippen molar-refractivity contribution in [2.45, 2.75) is 18.7 Å². The van der Waals surface area contributed by atoms with Gasteiger partial charge in [-0.3, -0.25) is 9.10 Å². The number of hydrogen-bond donors (Lipinski definition) is 1. The summed E-state index contributed by atoms with van der Waals surface area (Å²) in [6, 6.07) is 16.9. The van der Waals surface area contributed by atoms with E-state index in [1.165, 1.54) is 44.6 Å². The molecule has 1 amide bonds. The molecular weight excluding hydrogens is 484 g/mol. The van der Waals surface area contributed by atoms with Gasteiger partial charge in [-0.05, 0) is 55.8 Å². The number of aryl methyl sites for hydroxylation is 2. The molecule has 0 saturated heterocycles. The number of sulfonamides is 1. The molecule has 0 aliphatic heterocycles. The summed E-state index contributed by atoms with van der Waals surface area (Å²) >= 11 is 0. The SMILES string of the molecule is COC(=O)c1ccc(C(=O)OC)c(NC(=O)CN(c2ccc(C)cc2C)S(=O)(=O)c2ccccc2)c1. The number of rotatable bonds is 8. The van der Waals surface area contributed by atoms with Crippen LogP contribution in [0.25, 0.3) is 0 Å². The number of methoxy groups -OCH3 is 2. The Morgan fingerprint density at radius 1 is 0.861 bits per heavy atom. The number of ether oxygens (including phenoxy) is 2. The number of nitrogens with one attached hydrogen (secondary N) is 1. The van der Waals surface area contributed by atoms with Crippen LogP contribution in [-0.2, 0) is 24.3 Å². The minimum atomic E-state index is -4.13. The van der Waals surface area contributed by atoms with Gasteiger partial charge in [-0.15, -0.1) is 0 Å². The Hall–Kier alpha value is -4.18. The maximum absolute atomic E-state index is 13.6. The lowest BCUT2D eigenvalue weighted by molar-refractivity contribution is -0.114. The molecule has 0 heterocycles. The fourth-order valence-corrected chi connectivity index (χ4v) is 5.11. The van der Waals surface area contributed by atoms with Gasteiger partial charge >= 0.3 is 11.9 Å². The lowest BCUT2D eigenvalue weighted by atomic mass is 10.1. The van der Waals surface area contributed by atoms with E-state index in [0.29, 0.717) is 11.3 Å². The summed E-state index contributed by atoms with van der Waals surface area (Å²) in [5.41, 5.74) is 1.97. The molecule has 0 aliphatic carbocycles. The molecular formula is C26H26N2O7S. The fourth-order valence-electron chi connectivity index (χ4n) is 3.61. The van der Waals surface area contributed by atoms with Crippen LogP contribution >= 0.6 is 0 Å². The molecule has 3 rings (SSSR count). The Kier molecular flexibility index (Phi) is 8.11. The van der Waals surface area contributed by atoms with Gasteiger partial charge in [0.1, 0.15) is 6.54 Å². The first kappa shape index (κ1) is 26.4. The van der Waals surface area contributed by atoms with Crippen molar-refractivity contribution < 1.29 is 32.3 Å². The normalized spacial score (nSPS) is 10.9. The second-order valence-electron chi connectivity index (χ2n) is 7.91. The quantitative estimate of drug-likeness (QED) is 0.459. The zero-order valence-corrected chi connectivity index (χ0v) is 21.1. The molecule has 0 aliphatic rings. The average molecular weight is 511 g/mol. The molecule has 0 bridgehead atoms. The standard InChI is InChI=1S/C26H26N2O7S/c1-17-10-13-23(18(2)14-17)28(36(32,33)20-8-6-5-7-9-20)16-24(29)27-22-15-19(25(30)34-3)11-12-21(22)26(31)35-4/h5-15H,16H2,1-4H3,(H,27,29). The summed E-state index contributed by atoms with van der Waals surface area (Å²) in [5.74, 6) is -2.16. The summed E-state index contributed by atoms with van der Waals surface area (Å²) < 4.78 is 37.6. The molecule has 3 aromatic rings. The Bertz CT molecular complexity index is 1400. The van der Waals surface area contributed by atoms with E-state index in [4.69, 9.17) is 9.47 Å². The molecule has 0 fully saturated rings.